The van der Waals surface area contributed by atoms with Gasteiger partial charge in [-0.25, -0.2) is 9.97 Å². The zero-order valence-electron chi connectivity index (χ0n) is 10.6. The van der Waals surface area contributed by atoms with Crippen LogP contribution in [-0.2, 0) is 4.74 Å². The van der Waals surface area contributed by atoms with Crippen LogP contribution in [0.5, 0.6) is 0 Å². The molecule has 2 heterocycles. The molecule has 0 radical (unpaired) electrons. The largest absolute Gasteiger partial charge is 0.381 e. The summed E-state index contributed by atoms with van der Waals surface area (Å²) in [6.45, 7) is 7.09. The first-order chi connectivity index (χ1) is 8.33. The number of nitrogens with zero attached hydrogens (tertiary/aromatic N) is 2. The third-order valence-corrected chi connectivity index (χ3v) is 3.50. The lowest BCUT2D eigenvalue weighted by atomic mass is 9.81. The molecule has 94 valence electrons. The Morgan fingerprint density at radius 2 is 2.24 bits per heavy atom. The summed E-state index contributed by atoms with van der Waals surface area (Å²) >= 11 is 0. The van der Waals surface area contributed by atoms with Gasteiger partial charge < -0.3 is 10.1 Å². The van der Waals surface area contributed by atoms with Crippen LogP contribution in [0, 0.1) is 11.8 Å². The topological polar surface area (TPSA) is 47.0 Å². The summed E-state index contributed by atoms with van der Waals surface area (Å²) in [4.78, 5) is 8.25. The summed E-state index contributed by atoms with van der Waals surface area (Å²) in [6, 6.07) is 0.347. The van der Waals surface area contributed by atoms with Gasteiger partial charge >= 0.3 is 0 Å². The fourth-order valence-corrected chi connectivity index (χ4v) is 2.60. The van der Waals surface area contributed by atoms with Crippen molar-refractivity contribution in [2.75, 3.05) is 19.8 Å². The molecule has 1 saturated heterocycles. The number of rotatable bonds is 4. The van der Waals surface area contributed by atoms with Crippen LogP contribution >= 0.6 is 0 Å². The Morgan fingerprint density at radius 3 is 2.88 bits per heavy atom. The van der Waals surface area contributed by atoms with E-state index in [1.165, 1.54) is 5.56 Å². The van der Waals surface area contributed by atoms with Gasteiger partial charge in [0.2, 0.25) is 0 Å². The lowest BCUT2D eigenvalue weighted by Crippen LogP contribution is -2.37. The SMILES string of the molecule is CCNC(c1cncnc1)C1CCOCC1C. The minimum absolute atomic E-state index is 0.347. The van der Waals surface area contributed by atoms with E-state index in [1.54, 1.807) is 6.33 Å². The molecule has 4 heteroatoms. The van der Waals surface area contributed by atoms with Crippen LogP contribution in [0.3, 0.4) is 0 Å². The van der Waals surface area contributed by atoms with Gasteiger partial charge in [0.05, 0.1) is 0 Å². The molecule has 0 amide bonds. The van der Waals surface area contributed by atoms with Crippen LogP contribution in [-0.4, -0.2) is 29.7 Å². The van der Waals surface area contributed by atoms with E-state index in [0.29, 0.717) is 17.9 Å². The molecule has 2 rings (SSSR count). The molecular formula is C13H21N3O. The van der Waals surface area contributed by atoms with E-state index in [-0.39, 0.29) is 0 Å². The first-order valence-electron chi connectivity index (χ1n) is 6.39. The summed E-state index contributed by atoms with van der Waals surface area (Å²) in [7, 11) is 0. The first kappa shape index (κ1) is 12.5. The Bertz CT molecular complexity index is 331. The highest BCUT2D eigenvalue weighted by Gasteiger charge is 2.30. The third-order valence-electron chi connectivity index (χ3n) is 3.50. The van der Waals surface area contributed by atoms with Crippen LogP contribution in [0.2, 0.25) is 0 Å². The summed E-state index contributed by atoms with van der Waals surface area (Å²) in [5.74, 6) is 1.18. The Balaban J connectivity index is 2.16. The Hall–Kier alpha value is -1.00. The highest BCUT2D eigenvalue weighted by Crippen LogP contribution is 2.33. The van der Waals surface area contributed by atoms with Gasteiger partial charge in [-0.05, 0) is 24.8 Å². The molecule has 1 aromatic rings. The summed E-state index contributed by atoms with van der Waals surface area (Å²) in [6.07, 6.45) is 6.53. The van der Waals surface area contributed by atoms with E-state index in [0.717, 1.165) is 26.2 Å². The number of ether oxygens (including phenoxy) is 1. The van der Waals surface area contributed by atoms with Crippen LogP contribution in [0.15, 0.2) is 18.7 Å². The molecular weight excluding hydrogens is 214 g/mol. The molecule has 1 aliphatic rings. The predicted molar refractivity (Wildman–Crippen MR) is 66.5 cm³/mol. The van der Waals surface area contributed by atoms with E-state index in [9.17, 15) is 0 Å². The maximum atomic E-state index is 5.52. The molecule has 1 fully saturated rings. The van der Waals surface area contributed by atoms with Crippen molar-refractivity contribution < 1.29 is 4.74 Å². The Morgan fingerprint density at radius 1 is 1.47 bits per heavy atom. The van der Waals surface area contributed by atoms with Crippen LogP contribution in [0.1, 0.15) is 31.9 Å². The van der Waals surface area contributed by atoms with Gasteiger partial charge in [-0.1, -0.05) is 13.8 Å². The van der Waals surface area contributed by atoms with Gasteiger partial charge in [-0.15, -0.1) is 0 Å². The second-order valence-corrected chi connectivity index (χ2v) is 4.71. The smallest absolute Gasteiger partial charge is 0.115 e. The number of hydrogen-bond donors (Lipinski definition) is 1. The molecule has 1 aromatic heterocycles. The maximum Gasteiger partial charge on any atom is 0.115 e. The molecule has 3 atom stereocenters. The van der Waals surface area contributed by atoms with Crippen molar-refractivity contribution in [3.8, 4) is 0 Å². The van der Waals surface area contributed by atoms with Crippen molar-refractivity contribution in [1.82, 2.24) is 15.3 Å². The second-order valence-electron chi connectivity index (χ2n) is 4.71. The van der Waals surface area contributed by atoms with Crippen molar-refractivity contribution in [1.29, 1.82) is 0 Å². The summed E-state index contributed by atoms with van der Waals surface area (Å²) in [5.41, 5.74) is 1.19. The molecule has 0 aromatic carbocycles. The highest BCUT2D eigenvalue weighted by atomic mass is 16.5. The predicted octanol–water partition coefficient (Wildman–Crippen LogP) is 1.80. The average molecular weight is 235 g/mol. The van der Waals surface area contributed by atoms with Crippen LogP contribution < -0.4 is 5.32 Å². The monoisotopic (exact) mass is 235 g/mol. The van der Waals surface area contributed by atoms with E-state index >= 15 is 0 Å². The van der Waals surface area contributed by atoms with Gasteiger partial charge in [0, 0.05) is 37.2 Å². The summed E-state index contributed by atoms with van der Waals surface area (Å²) in [5, 5.41) is 3.56. The quantitative estimate of drug-likeness (QED) is 0.864. The highest BCUT2D eigenvalue weighted by molar-refractivity contribution is 5.11. The summed E-state index contributed by atoms with van der Waals surface area (Å²) < 4.78 is 5.52. The fraction of sp³-hybridized carbons (Fsp3) is 0.692. The molecule has 0 bridgehead atoms. The molecule has 1 aliphatic heterocycles. The van der Waals surface area contributed by atoms with E-state index < -0.39 is 0 Å². The van der Waals surface area contributed by atoms with Crippen molar-refractivity contribution >= 4 is 0 Å². The normalized spacial score (nSPS) is 26.7. The van der Waals surface area contributed by atoms with E-state index in [4.69, 9.17) is 4.74 Å². The van der Waals surface area contributed by atoms with E-state index in [1.807, 2.05) is 12.4 Å². The molecule has 0 spiro atoms. The van der Waals surface area contributed by atoms with Gasteiger partial charge in [0.15, 0.2) is 0 Å². The molecule has 4 nitrogen and oxygen atoms in total. The first-order valence-corrected chi connectivity index (χ1v) is 6.39. The van der Waals surface area contributed by atoms with Gasteiger partial charge in [0.25, 0.3) is 0 Å². The standard InChI is InChI=1S/C13H21N3O/c1-3-16-13(11-6-14-9-15-7-11)12-4-5-17-8-10(12)2/h6-7,9-10,12-13,16H,3-5,8H2,1-2H3. The Kier molecular flexibility index (Phi) is 4.45. The average Bonchev–Trinajstić information content (AvgIpc) is 2.38. The molecule has 0 saturated carbocycles. The van der Waals surface area contributed by atoms with E-state index in [2.05, 4.69) is 29.1 Å². The van der Waals surface area contributed by atoms with Crippen molar-refractivity contribution in [2.24, 2.45) is 11.8 Å². The minimum Gasteiger partial charge on any atom is -0.381 e. The number of aromatic nitrogens is 2. The molecule has 1 N–H and O–H groups in total. The zero-order chi connectivity index (χ0) is 12.1. The third kappa shape index (κ3) is 3.01. The van der Waals surface area contributed by atoms with Crippen LogP contribution in [0.4, 0.5) is 0 Å². The second kappa shape index (κ2) is 6.07. The molecule has 17 heavy (non-hydrogen) atoms. The van der Waals surface area contributed by atoms with Crippen molar-refractivity contribution in [2.45, 2.75) is 26.3 Å². The molecule has 3 unspecified atom stereocenters. The lowest BCUT2D eigenvalue weighted by Gasteiger charge is -2.35. The maximum absolute atomic E-state index is 5.52. The van der Waals surface area contributed by atoms with Gasteiger partial charge in [-0.2, -0.15) is 0 Å². The minimum atomic E-state index is 0.347. The molecule has 0 aliphatic carbocycles. The number of hydrogen-bond acceptors (Lipinski definition) is 4. The van der Waals surface area contributed by atoms with Gasteiger partial charge in [0.1, 0.15) is 6.33 Å². The fourth-order valence-electron chi connectivity index (χ4n) is 2.60. The zero-order valence-corrected chi connectivity index (χ0v) is 10.6. The lowest BCUT2D eigenvalue weighted by molar-refractivity contribution is 0.0107. The van der Waals surface area contributed by atoms with Crippen molar-refractivity contribution in [3.05, 3.63) is 24.3 Å². The van der Waals surface area contributed by atoms with Crippen molar-refractivity contribution in [3.63, 3.8) is 0 Å². The number of nitrogens with one attached hydrogen (secondary N) is 1. The van der Waals surface area contributed by atoms with Gasteiger partial charge in [-0.3, -0.25) is 0 Å². The Labute approximate surface area is 103 Å². The van der Waals surface area contributed by atoms with Crippen LogP contribution in [0.25, 0.3) is 0 Å².